The van der Waals surface area contributed by atoms with E-state index in [4.69, 9.17) is 4.74 Å². The van der Waals surface area contributed by atoms with Gasteiger partial charge in [-0.25, -0.2) is 0 Å². The predicted molar refractivity (Wildman–Crippen MR) is 94.9 cm³/mol. The first kappa shape index (κ1) is 18.5. The van der Waals surface area contributed by atoms with E-state index >= 15 is 0 Å². The van der Waals surface area contributed by atoms with Crippen LogP contribution in [0.4, 0.5) is 5.69 Å². The van der Waals surface area contributed by atoms with E-state index in [0.717, 1.165) is 23.6 Å². The van der Waals surface area contributed by atoms with Crippen molar-refractivity contribution in [1.82, 2.24) is 5.32 Å². The molecular weight excluding hydrogens is 304 g/mol. The predicted octanol–water partition coefficient (Wildman–Crippen LogP) is 2.90. The van der Waals surface area contributed by atoms with Gasteiger partial charge in [-0.05, 0) is 30.0 Å². The Morgan fingerprint density at radius 1 is 1.12 bits per heavy atom. The van der Waals surface area contributed by atoms with Crippen LogP contribution in [0.25, 0.3) is 0 Å². The molecule has 0 spiro atoms. The van der Waals surface area contributed by atoms with Crippen LogP contribution in [0.3, 0.4) is 0 Å². The van der Waals surface area contributed by atoms with E-state index in [1.807, 2.05) is 24.3 Å². The van der Waals surface area contributed by atoms with E-state index in [1.165, 1.54) is 25.7 Å². The Kier molecular flexibility index (Phi) is 7.75. The molecule has 132 valence electrons. The second-order valence-electron chi connectivity index (χ2n) is 6.45. The second-order valence-corrected chi connectivity index (χ2v) is 6.45. The Balaban J connectivity index is 1.70. The number of carbonyl (C=O) groups is 2. The van der Waals surface area contributed by atoms with Gasteiger partial charge in [-0.1, -0.05) is 37.8 Å². The van der Waals surface area contributed by atoms with Gasteiger partial charge in [0, 0.05) is 25.8 Å². The Morgan fingerprint density at radius 3 is 2.50 bits per heavy atom. The molecule has 0 bridgehead atoms. The summed E-state index contributed by atoms with van der Waals surface area (Å²) in [5.41, 5.74) is 1.71. The quantitative estimate of drug-likeness (QED) is 0.683. The fourth-order valence-corrected chi connectivity index (χ4v) is 3.10. The zero-order valence-electron chi connectivity index (χ0n) is 14.5. The van der Waals surface area contributed by atoms with Crippen molar-refractivity contribution in [2.24, 2.45) is 5.92 Å². The lowest BCUT2D eigenvalue weighted by Crippen LogP contribution is -2.28. The molecule has 1 aromatic rings. The number of ether oxygens (including phenoxy) is 1. The van der Waals surface area contributed by atoms with Gasteiger partial charge >= 0.3 is 0 Å². The van der Waals surface area contributed by atoms with Crippen molar-refractivity contribution in [3.63, 3.8) is 0 Å². The molecule has 0 aromatic heterocycles. The number of carbonyl (C=O) groups excluding carboxylic acids is 2. The molecule has 0 aliphatic heterocycles. The number of benzene rings is 1. The van der Waals surface area contributed by atoms with Crippen LogP contribution in [0.15, 0.2) is 24.3 Å². The summed E-state index contributed by atoms with van der Waals surface area (Å²) in [7, 11) is 1.60. The van der Waals surface area contributed by atoms with E-state index in [9.17, 15) is 9.59 Å². The maximum atomic E-state index is 12.0. The Labute approximate surface area is 144 Å². The molecule has 5 heteroatoms. The van der Waals surface area contributed by atoms with Gasteiger partial charge in [-0.15, -0.1) is 0 Å². The molecule has 1 aromatic carbocycles. The first-order valence-corrected chi connectivity index (χ1v) is 8.82. The number of hydrogen-bond acceptors (Lipinski definition) is 3. The highest BCUT2D eigenvalue weighted by molar-refractivity contribution is 5.90. The summed E-state index contributed by atoms with van der Waals surface area (Å²) in [5, 5.41) is 5.72. The van der Waals surface area contributed by atoms with Gasteiger partial charge in [-0.3, -0.25) is 9.59 Å². The minimum Gasteiger partial charge on any atom is -0.383 e. The zero-order valence-corrected chi connectivity index (χ0v) is 14.5. The molecule has 0 saturated heterocycles. The summed E-state index contributed by atoms with van der Waals surface area (Å²) in [5.74, 6) is 0.780. The highest BCUT2D eigenvalue weighted by Crippen LogP contribution is 2.28. The van der Waals surface area contributed by atoms with Crippen LogP contribution in [-0.2, 0) is 20.7 Å². The summed E-state index contributed by atoms with van der Waals surface area (Å²) in [6, 6.07) is 7.46. The molecule has 2 N–H and O–H groups in total. The summed E-state index contributed by atoms with van der Waals surface area (Å²) in [4.78, 5) is 23.7. The van der Waals surface area contributed by atoms with E-state index in [2.05, 4.69) is 10.6 Å². The van der Waals surface area contributed by atoms with Crippen molar-refractivity contribution >= 4 is 17.5 Å². The SMILES string of the molecule is COCCNC(=O)Cc1ccc(NC(=O)CCC2CCCC2)cc1. The van der Waals surface area contributed by atoms with Crippen LogP contribution < -0.4 is 10.6 Å². The zero-order chi connectivity index (χ0) is 17.2. The summed E-state index contributed by atoms with van der Waals surface area (Å²) >= 11 is 0. The molecule has 5 nitrogen and oxygen atoms in total. The molecule has 0 radical (unpaired) electrons. The number of methoxy groups -OCH3 is 1. The van der Waals surface area contributed by atoms with Crippen LogP contribution in [0.2, 0.25) is 0 Å². The van der Waals surface area contributed by atoms with Gasteiger partial charge in [0.05, 0.1) is 13.0 Å². The standard InChI is InChI=1S/C19H28N2O3/c1-24-13-12-20-19(23)14-16-6-9-17(10-7-16)21-18(22)11-8-15-4-2-3-5-15/h6-7,9-10,15H,2-5,8,11-14H2,1H3,(H,20,23)(H,21,22). The van der Waals surface area contributed by atoms with E-state index in [-0.39, 0.29) is 11.8 Å². The highest BCUT2D eigenvalue weighted by Gasteiger charge is 2.16. The third-order valence-electron chi connectivity index (χ3n) is 4.49. The van der Waals surface area contributed by atoms with Crippen LogP contribution in [0.1, 0.15) is 44.1 Å². The number of nitrogens with one attached hydrogen (secondary N) is 2. The van der Waals surface area contributed by atoms with Crippen LogP contribution in [0.5, 0.6) is 0 Å². The fraction of sp³-hybridized carbons (Fsp3) is 0.579. The summed E-state index contributed by atoms with van der Waals surface area (Å²) in [6.45, 7) is 1.03. The lowest BCUT2D eigenvalue weighted by molar-refractivity contribution is -0.120. The van der Waals surface area contributed by atoms with Gasteiger partial charge in [0.1, 0.15) is 0 Å². The van der Waals surface area contributed by atoms with Crippen LogP contribution >= 0.6 is 0 Å². The molecule has 24 heavy (non-hydrogen) atoms. The van der Waals surface area contributed by atoms with Gasteiger partial charge in [-0.2, -0.15) is 0 Å². The molecule has 0 atom stereocenters. The number of hydrogen-bond donors (Lipinski definition) is 2. The lowest BCUT2D eigenvalue weighted by Gasteiger charge is -2.10. The van der Waals surface area contributed by atoms with Crippen molar-refractivity contribution in [1.29, 1.82) is 0 Å². The monoisotopic (exact) mass is 332 g/mol. The number of rotatable bonds is 9. The Bertz CT molecular complexity index is 522. The first-order valence-electron chi connectivity index (χ1n) is 8.82. The van der Waals surface area contributed by atoms with Crippen molar-refractivity contribution < 1.29 is 14.3 Å². The van der Waals surface area contributed by atoms with Crippen LogP contribution in [0, 0.1) is 5.92 Å². The number of amides is 2. The van der Waals surface area contributed by atoms with Gasteiger partial charge in [0.25, 0.3) is 0 Å². The largest absolute Gasteiger partial charge is 0.383 e. The molecular formula is C19H28N2O3. The second kappa shape index (κ2) is 10.1. The highest BCUT2D eigenvalue weighted by atomic mass is 16.5. The van der Waals surface area contributed by atoms with Gasteiger partial charge < -0.3 is 15.4 Å². The maximum Gasteiger partial charge on any atom is 0.224 e. The maximum absolute atomic E-state index is 12.0. The van der Waals surface area contributed by atoms with E-state index in [1.54, 1.807) is 7.11 Å². The number of anilines is 1. The first-order chi connectivity index (χ1) is 11.7. The lowest BCUT2D eigenvalue weighted by atomic mass is 10.0. The molecule has 2 amide bonds. The van der Waals surface area contributed by atoms with E-state index in [0.29, 0.717) is 26.0 Å². The minimum absolute atomic E-state index is 0.0274. The summed E-state index contributed by atoms with van der Waals surface area (Å²) in [6.07, 6.45) is 7.09. The van der Waals surface area contributed by atoms with Gasteiger partial charge in [0.15, 0.2) is 0 Å². The van der Waals surface area contributed by atoms with Crippen molar-refractivity contribution in [2.75, 3.05) is 25.6 Å². The van der Waals surface area contributed by atoms with E-state index < -0.39 is 0 Å². The third kappa shape index (κ3) is 6.71. The average Bonchev–Trinajstić information content (AvgIpc) is 3.08. The topological polar surface area (TPSA) is 67.4 Å². The van der Waals surface area contributed by atoms with Gasteiger partial charge in [0.2, 0.25) is 11.8 Å². The van der Waals surface area contributed by atoms with Crippen molar-refractivity contribution in [3.8, 4) is 0 Å². The molecule has 1 saturated carbocycles. The Morgan fingerprint density at radius 2 is 1.83 bits per heavy atom. The minimum atomic E-state index is -0.0274. The van der Waals surface area contributed by atoms with Crippen LogP contribution in [-0.4, -0.2) is 32.1 Å². The molecule has 1 fully saturated rings. The normalized spacial score (nSPS) is 14.5. The average molecular weight is 332 g/mol. The molecule has 1 aliphatic carbocycles. The Hall–Kier alpha value is -1.88. The van der Waals surface area contributed by atoms with Crippen molar-refractivity contribution in [2.45, 2.75) is 44.9 Å². The molecule has 0 heterocycles. The molecule has 2 rings (SSSR count). The molecule has 1 aliphatic rings. The smallest absolute Gasteiger partial charge is 0.224 e. The fourth-order valence-electron chi connectivity index (χ4n) is 3.10. The summed E-state index contributed by atoms with van der Waals surface area (Å²) < 4.78 is 4.89. The van der Waals surface area contributed by atoms with Crippen molar-refractivity contribution in [3.05, 3.63) is 29.8 Å². The third-order valence-corrected chi connectivity index (χ3v) is 4.49. The molecule has 0 unspecified atom stereocenters.